The van der Waals surface area contributed by atoms with Gasteiger partial charge < -0.3 is 5.32 Å². The molecule has 18 heavy (non-hydrogen) atoms. The Balaban J connectivity index is 1.94. The van der Waals surface area contributed by atoms with Crippen LogP contribution in [-0.4, -0.2) is 21.9 Å². The number of hydrogen-bond donors (Lipinski definition) is 2. The van der Waals surface area contributed by atoms with E-state index in [2.05, 4.69) is 15.7 Å². The third kappa shape index (κ3) is 2.80. The van der Waals surface area contributed by atoms with Crippen molar-refractivity contribution in [2.45, 2.75) is 38.1 Å². The van der Waals surface area contributed by atoms with E-state index in [1.165, 1.54) is 30.1 Å². The van der Waals surface area contributed by atoms with Crippen molar-refractivity contribution >= 4 is 11.8 Å². The van der Waals surface area contributed by atoms with E-state index >= 15 is 0 Å². The van der Waals surface area contributed by atoms with Gasteiger partial charge in [0.05, 0.1) is 6.20 Å². The van der Waals surface area contributed by atoms with Crippen molar-refractivity contribution in [2.24, 2.45) is 7.05 Å². The number of hydrogen-bond acceptors (Lipinski definition) is 3. The molecule has 6 heteroatoms. The molecule has 0 unspecified atom stereocenters. The third-order valence-electron chi connectivity index (χ3n) is 3.23. The lowest BCUT2D eigenvalue weighted by atomic mass is 9.96. The van der Waals surface area contributed by atoms with E-state index in [-0.39, 0.29) is 12.1 Å². The first-order valence-corrected chi connectivity index (χ1v) is 6.20. The molecular formula is C12H17N5O. The normalized spacial score (nSPS) is 16.0. The highest BCUT2D eigenvalue weighted by Crippen LogP contribution is 2.18. The van der Waals surface area contributed by atoms with Crippen LogP contribution in [0.1, 0.15) is 37.7 Å². The Bertz CT molecular complexity index is 467. The zero-order valence-electron chi connectivity index (χ0n) is 10.4. The van der Waals surface area contributed by atoms with Gasteiger partial charge in [0.15, 0.2) is 0 Å². The van der Waals surface area contributed by atoms with Crippen LogP contribution in [-0.2, 0) is 7.05 Å². The summed E-state index contributed by atoms with van der Waals surface area (Å²) in [4.78, 5) is 11.8. The van der Waals surface area contributed by atoms with Crippen LogP contribution in [0.15, 0.2) is 6.20 Å². The first-order valence-electron chi connectivity index (χ1n) is 6.20. The van der Waals surface area contributed by atoms with Crippen LogP contribution in [0.2, 0.25) is 0 Å². The molecule has 1 aromatic rings. The van der Waals surface area contributed by atoms with E-state index in [4.69, 9.17) is 5.26 Å². The van der Waals surface area contributed by atoms with E-state index in [1.807, 2.05) is 6.07 Å². The number of aromatic nitrogens is 2. The predicted molar refractivity (Wildman–Crippen MR) is 67.0 cm³/mol. The van der Waals surface area contributed by atoms with Crippen molar-refractivity contribution in [3.8, 4) is 6.07 Å². The summed E-state index contributed by atoms with van der Waals surface area (Å²) in [5.41, 5.74) is 0.372. The van der Waals surface area contributed by atoms with Crippen LogP contribution in [0.5, 0.6) is 0 Å². The largest absolute Gasteiger partial charge is 0.335 e. The van der Waals surface area contributed by atoms with E-state index in [0.717, 1.165) is 12.8 Å². The number of urea groups is 1. The van der Waals surface area contributed by atoms with Gasteiger partial charge in [-0.05, 0) is 12.8 Å². The lowest BCUT2D eigenvalue weighted by Crippen LogP contribution is -2.39. The Morgan fingerprint density at radius 3 is 2.89 bits per heavy atom. The van der Waals surface area contributed by atoms with Crippen LogP contribution in [0.3, 0.4) is 0 Å². The zero-order valence-corrected chi connectivity index (χ0v) is 10.4. The molecule has 1 aliphatic rings. The Labute approximate surface area is 106 Å². The van der Waals surface area contributed by atoms with Crippen molar-refractivity contribution in [1.29, 1.82) is 5.26 Å². The van der Waals surface area contributed by atoms with E-state index in [9.17, 15) is 4.79 Å². The summed E-state index contributed by atoms with van der Waals surface area (Å²) in [7, 11) is 1.69. The summed E-state index contributed by atoms with van der Waals surface area (Å²) in [6.07, 6.45) is 7.09. The Morgan fingerprint density at radius 1 is 1.50 bits per heavy atom. The fraction of sp³-hybridized carbons (Fsp3) is 0.583. The van der Waals surface area contributed by atoms with Crippen molar-refractivity contribution < 1.29 is 4.79 Å². The average molecular weight is 247 g/mol. The average Bonchev–Trinajstić information content (AvgIpc) is 2.72. The Kier molecular flexibility index (Phi) is 3.82. The monoisotopic (exact) mass is 247 g/mol. The maximum absolute atomic E-state index is 11.8. The molecular weight excluding hydrogens is 230 g/mol. The molecule has 0 atom stereocenters. The maximum atomic E-state index is 11.8. The predicted octanol–water partition coefficient (Wildman–Crippen LogP) is 1.75. The molecule has 1 aliphatic carbocycles. The number of nitrogens with zero attached hydrogens (tertiary/aromatic N) is 3. The number of rotatable bonds is 2. The van der Waals surface area contributed by atoms with Gasteiger partial charge in [0.25, 0.3) is 0 Å². The smallest absolute Gasteiger partial charge is 0.320 e. The van der Waals surface area contributed by atoms with Gasteiger partial charge in [-0.1, -0.05) is 19.3 Å². The summed E-state index contributed by atoms with van der Waals surface area (Å²) in [6, 6.07) is 1.99. The maximum Gasteiger partial charge on any atom is 0.320 e. The van der Waals surface area contributed by atoms with Crippen LogP contribution in [0.25, 0.3) is 0 Å². The van der Waals surface area contributed by atoms with Gasteiger partial charge in [-0.25, -0.2) is 4.79 Å². The number of amides is 2. The van der Waals surface area contributed by atoms with Gasteiger partial charge in [-0.15, -0.1) is 0 Å². The number of anilines is 1. The van der Waals surface area contributed by atoms with Gasteiger partial charge in [-0.2, -0.15) is 10.4 Å². The van der Waals surface area contributed by atoms with Crippen molar-refractivity contribution in [1.82, 2.24) is 15.1 Å². The molecule has 0 bridgehead atoms. The minimum atomic E-state index is -0.262. The topological polar surface area (TPSA) is 82.7 Å². The SMILES string of the molecule is Cn1ncc(C#N)c1NC(=O)NC1CCCCC1. The van der Waals surface area contributed by atoms with Crippen LogP contribution >= 0.6 is 0 Å². The van der Waals surface area contributed by atoms with Gasteiger partial charge in [-0.3, -0.25) is 10.00 Å². The summed E-state index contributed by atoms with van der Waals surface area (Å²) in [6.45, 7) is 0. The first-order chi connectivity index (χ1) is 8.70. The highest BCUT2D eigenvalue weighted by molar-refractivity contribution is 5.89. The molecule has 0 saturated heterocycles. The van der Waals surface area contributed by atoms with Crippen LogP contribution in [0, 0.1) is 11.3 Å². The fourth-order valence-corrected chi connectivity index (χ4v) is 2.24. The summed E-state index contributed by atoms with van der Waals surface area (Å²) >= 11 is 0. The third-order valence-corrected chi connectivity index (χ3v) is 3.23. The van der Waals surface area contributed by atoms with Gasteiger partial charge in [0, 0.05) is 13.1 Å². The number of carbonyl (C=O) groups is 1. The zero-order chi connectivity index (χ0) is 13.0. The summed E-state index contributed by atoms with van der Waals surface area (Å²) < 4.78 is 1.49. The molecule has 1 saturated carbocycles. The van der Waals surface area contributed by atoms with Crippen LogP contribution in [0.4, 0.5) is 10.6 Å². The second kappa shape index (κ2) is 5.54. The molecule has 1 aromatic heterocycles. The molecule has 1 heterocycles. The van der Waals surface area contributed by atoms with Crippen molar-refractivity contribution in [2.75, 3.05) is 5.32 Å². The highest BCUT2D eigenvalue weighted by atomic mass is 16.2. The number of nitriles is 1. The first kappa shape index (κ1) is 12.4. The number of aryl methyl sites for hydroxylation is 1. The second-order valence-corrected chi connectivity index (χ2v) is 4.58. The minimum Gasteiger partial charge on any atom is -0.335 e. The molecule has 6 nitrogen and oxygen atoms in total. The van der Waals surface area contributed by atoms with Crippen molar-refractivity contribution in [3.05, 3.63) is 11.8 Å². The quantitative estimate of drug-likeness (QED) is 0.835. The van der Waals surface area contributed by atoms with E-state index in [0.29, 0.717) is 11.4 Å². The number of carbonyl (C=O) groups excluding carboxylic acids is 1. The lowest BCUT2D eigenvalue weighted by Gasteiger charge is -2.22. The Hall–Kier alpha value is -2.03. The van der Waals surface area contributed by atoms with Gasteiger partial charge in [0.2, 0.25) is 0 Å². The molecule has 2 N–H and O–H groups in total. The molecule has 1 fully saturated rings. The molecule has 0 aliphatic heterocycles. The molecule has 2 rings (SSSR count). The molecule has 0 spiro atoms. The van der Waals surface area contributed by atoms with Crippen LogP contribution < -0.4 is 10.6 Å². The second-order valence-electron chi connectivity index (χ2n) is 4.58. The minimum absolute atomic E-state index is 0.248. The van der Waals surface area contributed by atoms with E-state index < -0.39 is 0 Å². The Morgan fingerprint density at radius 2 is 2.22 bits per heavy atom. The summed E-state index contributed by atoms with van der Waals surface area (Å²) in [5, 5.41) is 18.5. The lowest BCUT2D eigenvalue weighted by molar-refractivity contribution is 0.244. The van der Waals surface area contributed by atoms with Crippen molar-refractivity contribution in [3.63, 3.8) is 0 Å². The summed E-state index contributed by atoms with van der Waals surface area (Å²) in [5.74, 6) is 0.436. The highest BCUT2D eigenvalue weighted by Gasteiger charge is 2.17. The molecule has 0 radical (unpaired) electrons. The molecule has 2 amide bonds. The molecule has 96 valence electrons. The number of nitrogens with one attached hydrogen (secondary N) is 2. The van der Waals surface area contributed by atoms with Gasteiger partial charge in [0.1, 0.15) is 17.5 Å². The standard InChI is InChI=1S/C12H17N5O/c1-17-11(9(7-13)8-14-17)16-12(18)15-10-5-3-2-4-6-10/h8,10H,2-6H2,1H3,(H2,15,16,18). The molecule has 0 aromatic carbocycles. The van der Waals surface area contributed by atoms with E-state index in [1.54, 1.807) is 7.05 Å². The fourth-order valence-electron chi connectivity index (χ4n) is 2.24. The van der Waals surface area contributed by atoms with Gasteiger partial charge >= 0.3 is 6.03 Å².